The third-order valence-electron chi connectivity index (χ3n) is 2.11. The van der Waals surface area contributed by atoms with Gasteiger partial charge in [0.15, 0.2) is 0 Å². The summed E-state index contributed by atoms with van der Waals surface area (Å²) >= 11 is 0. The predicted molar refractivity (Wildman–Crippen MR) is 51.6 cm³/mol. The van der Waals surface area contributed by atoms with Crippen LogP contribution < -0.4 is 5.48 Å². The summed E-state index contributed by atoms with van der Waals surface area (Å²) in [5.41, 5.74) is 2.65. The van der Waals surface area contributed by atoms with Crippen LogP contribution in [-0.2, 0) is 14.4 Å². The third-order valence-corrected chi connectivity index (χ3v) is 2.11. The molecule has 1 aliphatic heterocycles. The van der Waals surface area contributed by atoms with Gasteiger partial charge in [-0.25, -0.2) is 0 Å². The molecule has 0 aromatic heterocycles. The number of carbonyl (C=O) groups is 1. The smallest absolute Gasteiger partial charge is 0.324 e. The van der Waals surface area contributed by atoms with Gasteiger partial charge in [0, 0.05) is 32.6 Å². The monoisotopic (exact) mass is 202 g/mol. The number of carbonyl (C=O) groups excluding carboxylic acids is 1. The van der Waals surface area contributed by atoms with Crippen LogP contribution in [0.3, 0.4) is 0 Å². The van der Waals surface area contributed by atoms with Crippen molar-refractivity contribution in [3.05, 3.63) is 0 Å². The first-order valence-electron chi connectivity index (χ1n) is 5.05. The van der Waals surface area contributed by atoms with Crippen LogP contribution in [-0.4, -0.2) is 50.3 Å². The zero-order valence-electron chi connectivity index (χ0n) is 8.62. The molecule has 0 spiro atoms. The Kier molecular flexibility index (Phi) is 5.51. The van der Waals surface area contributed by atoms with Crippen LogP contribution in [0.5, 0.6) is 0 Å². The molecule has 14 heavy (non-hydrogen) atoms. The lowest BCUT2D eigenvalue weighted by Crippen LogP contribution is -2.40. The molecule has 0 aromatic rings. The molecule has 0 atom stereocenters. The van der Waals surface area contributed by atoms with Gasteiger partial charge in [-0.15, -0.1) is 0 Å². The summed E-state index contributed by atoms with van der Waals surface area (Å²) in [4.78, 5) is 17.8. The van der Waals surface area contributed by atoms with Gasteiger partial charge in [-0.3, -0.25) is 9.69 Å². The summed E-state index contributed by atoms with van der Waals surface area (Å²) in [6.45, 7) is 6.86. The fraction of sp³-hybridized carbons (Fsp3) is 0.889. The topological polar surface area (TPSA) is 50.8 Å². The van der Waals surface area contributed by atoms with E-state index >= 15 is 0 Å². The average molecular weight is 202 g/mol. The second-order valence-corrected chi connectivity index (χ2v) is 3.18. The molecule has 5 heteroatoms. The Bertz CT molecular complexity index is 169. The lowest BCUT2D eigenvalue weighted by atomic mass is 10.4. The fourth-order valence-electron chi connectivity index (χ4n) is 1.23. The molecule has 0 aliphatic carbocycles. The largest absolute Gasteiger partial charge is 0.379 e. The first-order valence-corrected chi connectivity index (χ1v) is 5.05. The standard InChI is InChI=1S/C9H18N2O3/c1-2-9(12)14-10-3-4-11-5-7-13-8-6-11/h10H,2-8H2,1H3. The highest BCUT2D eigenvalue weighted by Crippen LogP contribution is 1.94. The molecule has 82 valence electrons. The number of nitrogens with zero attached hydrogens (tertiary/aromatic N) is 1. The second kappa shape index (κ2) is 6.75. The minimum atomic E-state index is -0.216. The molecule has 0 unspecified atom stereocenters. The molecule has 5 nitrogen and oxygen atoms in total. The van der Waals surface area contributed by atoms with Crippen LogP contribution in [0.15, 0.2) is 0 Å². The van der Waals surface area contributed by atoms with E-state index in [1.807, 2.05) is 0 Å². The van der Waals surface area contributed by atoms with E-state index in [0.29, 0.717) is 13.0 Å². The molecule has 0 radical (unpaired) electrons. The number of rotatable bonds is 5. The maximum Gasteiger partial charge on any atom is 0.324 e. The Morgan fingerprint density at radius 1 is 1.50 bits per heavy atom. The highest BCUT2D eigenvalue weighted by molar-refractivity contribution is 5.68. The molecule has 1 fully saturated rings. The molecule has 1 heterocycles. The number of morpholine rings is 1. The van der Waals surface area contributed by atoms with Gasteiger partial charge in [0.1, 0.15) is 0 Å². The zero-order chi connectivity index (χ0) is 10.2. The zero-order valence-corrected chi connectivity index (χ0v) is 8.62. The highest BCUT2D eigenvalue weighted by atomic mass is 16.7. The lowest BCUT2D eigenvalue weighted by Gasteiger charge is -2.26. The third kappa shape index (κ3) is 4.55. The van der Waals surface area contributed by atoms with Gasteiger partial charge in [0.2, 0.25) is 0 Å². The first kappa shape index (κ1) is 11.4. The minimum Gasteiger partial charge on any atom is -0.379 e. The van der Waals surface area contributed by atoms with Crippen molar-refractivity contribution in [2.75, 3.05) is 39.4 Å². The molecule has 0 amide bonds. The lowest BCUT2D eigenvalue weighted by molar-refractivity contribution is -0.150. The number of hydrogen-bond acceptors (Lipinski definition) is 5. The molecular weight excluding hydrogens is 184 g/mol. The van der Waals surface area contributed by atoms with Crippen LogP contribution in [0.4, 0.5) is 0 Å². The van der Waals surface area contributed by atoms with Gasteiger partial charge < -0.3 is 9.57 Å². The summed E-state index contributed by atoms with van der Waals surface area (Å²) < 4.78 is 5.21. The molecule has 1 aliphatic rings. The summed E-state index contributed by atoms with van der Waals surface area (Å²) in [7, 11) is 0. The van der Waals surface area contributed by atoms with Gasteiger partial charge in [-0.1, -0.05) is 6.92 Å². The Morgan fingerprint density at radius 3 is 2.86 bits per heavy atom. The molecule has 1 N–H and O–H groups in total. The van der Waals surface area contributed by atoms with Crippen molar-refractivity contribution in [1.29, 1.82) is 0 Å². The molecule has 1 rings (SSSR count). The van der Waals surface area contributed by atoms with E-state index in [1.165, 1.54) is 0 Å². The molecule has 0 saturated carbocycles. The van der Waals surface area contributed by atoms with Crippen molar-refractivity contribution in [2.24, 2.45) is 0 Å². The summed E-state index contributed by atoms with van der Waals surface area (Å²) in [5, 5.41) is 0. The predicted octanol–water partition coefficient (Wildman–Crippen LogP) is -0.224. The van der Waals surface area contributed by atoms with Gasteiger partial charge in [0.25, 0.3) is 0 Å². The average Bonchev–Trinajstić information content (AvgIpc) is 2.25. The SMILES string of the molecule is CCC(=O)ONCCN1CCOCC1. The van der Waals surface area contributed by atoms with Crippen LogP contribution in [0, 0.1) is 0 Å². The van der Waals surface area contributed by atoms with Crippen LogP contribution in [0.25, 0.3) is 0 Å². The first-order chi connectivity index (χ1) is 6.83. The van der Waals surface area contributed by atoms with Gasteiger partial charge in [-0.05, 0) is 0 Å². The normalized spacial score (nSPS) is 18.1. The van der Waals surface area contributed by atoms with E-state index in [9.17, 15) is 4.79 Å². The number of hydroxylamine groups is 1. The van der Waals surface area contributed by atoms with E-state index in [1.54, 1.807) is 6.92 Å². The van der Waals surface area contributed by atoms with Gasteiger partial charge in [0.05, 0.1) is 13.2 Å². The van der Waals surface area contributed by atoms with Crippen molar-refractivity contribution in [2.45, 2.75) is 13.3 Å². The number of nitrogens with one attached hydrogen (secondary N) is 1. The van der Waals surface area contributed by atoms with Gasteiger partial charge in [-0.2, -0.15) is 5.48 Å². The Hall–Kier alpha value is -0.650. The Balaban J connectivity index is 1.94. The van der Waals surface area contributed by atoms with E-state index in [2.05, 4.69) is 10.4 Å². The van der Waals surface area contributed by atoms with E-state index in [4.69, 9.17) is 9.57 Å². The number of hydrogen-bond donors (Lipinski definition) is 1. The van der Waals surface area contributed by atoms with Crippen molar-refractivity contribution < 1.29 is 14.4 Å². The molecule has 0 aromatic carbocycles. The highest BCUT2D eigenvalue weighted by Gasteiger charge is 2.09. The van der Waals surface area contributed by atoms with E-state index in [0.717, 1.165) is 32.8 Å². The van der Waals surface area contributed by atoms with Gasteiger partial charge >= 0.3 is 5.97 Å². The fourth-order valence-corrected chi connectivity index (χ4v) is 1.23. The van der Waals surface area contributed by atoms with Crippen molar-refractivity contribution in [3.63, 3.8) is 0 Å². The van der Waals surface area contributed by atoms with E-state index in [-0.39, 0.29) is 5.97 Å². The van der Waals surface area contributed by atoms with Crippen molar-refractivity contribution in [1.82, 2.24) is 10.4 Å². The Labute approximate surface area is 84.3 Å². The summed E-state index contributed by atoms with van der Waals surface area (Å²) in [5.74, 6) is -0.216. The van der Waals surface area contributed by atoms with E-state index < -0.39 is 0 Å². The van der Waals surface area contributed by atoms with Crippen molar-refractivity contribution >= 4 is 5.97 Å². The second-order valence-electron chi connectivity index (χ2n) is 3.18. The minimum absolute atomic E-state index is 0.216. The molecule has 1 saturated heterocycles. The number of ether oxygens (including phenoxy) is 1. The van der Waals surface area contributed by atoms with Crippen molar-refractivity contribution in [3.8, 4) is 0 Å². The van der Waals surface area contributed by atoms with Crippen LogP contribution >= 0.6 is 0 Å². The Morgan fingerprint density at radius 2 is 2.21 bits per heavy atom. The molecule has 0 bridgehead atoms. The summed E-state index contributed by atoms with van der Waals surface area (Å²) in [6.07, 6.45) is 0.407. The quantitative estimate of drug-likeness (QED) is 0.493. The van der Waals surface area contributed by atoms with Crippen LogP contribution in [0.2, 0.25) is 0 Å². The maximum atomic E-state index is 10.7. The molecular formula is C9H18N2O3. The van der Waals surface area contributed by atoms with Crippen LogP contribution in [0.1, 0.15) is 13.3 Å². The maximum absolute atomic E-state index is 10.7. The summed E-state index contributed by atoms with van der Waals surface area (Å²) in [6, 6.07) is 0.